The molecule has 0 saturated heterocycles. The van der Waals surface area contributed by atoms with E-state index in [1.54, 1.807) is 0 Å². The average molecular weight is 170 g/mol. The van der Waals surface area contributed by atoms with E-state index in [9.17, 15) is 0 Å². The van der Waals surface area contributed by atoms with Crippen LogP contribution in [-0.4, -0.2) is 38.1 Å². The topological polar surface area (TPSA) is 15.3 Å². The molecule has 2 heteroatoms. The van der Waals surface area contributed by atoms with E-state index in [0.29, 0.717) is 6.04 Å². The largest absolute Gasteiger partial charge is 0.313 e. The smallest absolute Gasteiger partial charge is 0.0166 e. The Morgan fingerprint density at radius 1 is 1.50 bits per heavy atom. The first-order chi connectivity index (χ1) is 5.66. The predicted octanol–water partition coefficient (Wildman–Crippen LogP) is 1.49. The van der Waals surface area contributed by atoms with Crippen LogP contribution in [0, 0.1) is 0 Å². The standard InChI is InChI=1S/C10H22N2/c1-5-6-7-8-11-10(2)9-12(3)4/h5,10-11H,1,6-9H2,2-4H3. The number of rotatable bonds is 7. The Morgan fingerprint density at radius 3 is 2.67 bits per heavy atom. The molecular weight excluding hydrogens is 148 g/mol. The molecular formula is C10H22N2. The third-order valence-corrected chi connectivity index (χ3v) is 1.72. The first kappa shape index (κ1) is 11.7. The van der Waals surface area contributed by atoms with Crippen molar-refractivity contribution in [1.82, 2.24) is 10.2 Å². The molecule has 0 fully saturated rings. The van der Waals surface area contributed by atoms with E-state index < -0.39 is 0 Å². The van der Waals surface area contributed by atoms with Gasteiger partial charge in [0.05, 0.1) is 0 Å². The van der Waals surface area contributed by atoms with Crippen molar-refractivity contribution < 1.29 is 0 Å². The lowest BCUT2D eigenvalue weighted by Crippen LogP contribution is -2.36. The molecule has 0 radical (unpaired) electrons. The van der Waals surface area contributed by atoms with Gasteiger partial charge in [-0.2, -0.15) is 0 Å². The molecule has 0 amide bonds. The lowest BCUT2D eigenvalue weighted by molar-refractivity contribution is 0.349. The van der Waals surface area contributed by atoms with Crippen LogP contribution >= 0.6 is 0 Å². The van der Waals surface area contributed by atoms with E-state index >= 15 is 0 Å². The molecule has 0 aromatic rings. The number of likely N-dealkylation sites (N-methyl/N-ethyl adjacent to an activating group) is 1. The number of hydrogen-bond acceptors (Lipinski definition) is 2. The lowest BCUT2D eigenvalue weighted by atomic mass is 10.2. The van der Waals surface area contributed by atoms with Crippen LogP contribution in [0.5, 0.6) is 0 Å². The summed E-state index contributed by atoms with van der Waals surface area (Å²) in [5.74, 6) is 0. The lowest BCUT2D eigenvalue weighted by Gasteiger charge is -2.17. The zero-order chi connectivity index (χ0) is 9.40. The molecule has 0 saturated carbocycles. The van der Waals surface area contributed by atoms with E-state index in [-0.39, 0.29) is 0 Å². The van der Waals surface area contributed by atoms with Gasteiger partial charge < -0.3 is 10.2 Å². The highest BCUT2D eigenvalue weighted by molar-refractivity contribution is 4.68. The van der Waals surface area contributed by atoms with Crippen LogP contribution in [0.4, 0.5) is 0 Å². The minimum atomic E-state index is 0.588. The van der Waals surface area contributed by atoms with Crippen molar-refractivity contribution in [3.63, 3.8) is 0 Å². The van der Waals surface area contributed by atoms with Crippen LogP contribution in [0.3, 0.4) is 0 Å². The maximum Gasteiger partial charge on any atom is 0.0166 e. The Kier molecular flexibility index (Phi) is 7.11. The Balaban J connectivity index is 3.19. The van der Waals surface area contributed by atoms with Crippen LogP contribution in [0.2, 0.25) is 0 Å². The van der Waals surface area contributed by atoms with Crippen LogP contribution < -0.4 is 5.32 Å². The molecule has 0 heterocycles. The highest BCUT2D eigenvalue weighted by Gasteiger charge is 2.00. The van der Waals surface area contributed by atoms with Crippen LogP contribution in [0.15, 0.2) is 12.7 Å². The fourth-order valence-electron chi connectivity index (χ4n) is 1.21. The second-order valence-electron chi connectivity index (χ2n) is 3.55. The van der Waals surface area contributed by atoms with Crippen molar-refractivity contribution >= 4 is 0 Å². The predicted molar refractivity (Wildman–Crippen MR) is 55.4 cm³/mol. The second kappa shape index (κ2) is 7.32. The third-order valence-electron chi connectivity index (χ3n) is 1.72. The molecule has 12 heavy (non-hydrogen) atoms. The van der Waals surface area contributed by atoms with E-state index in [1.165, 1.54) is 6.42 Å². The van der Waals surface area contributed by atoms with Crippen molar-refractivity contribution in [3.8, 4) is 0 Å². The summed E-state index contributed by atoms with van der Waals surface area (Å²) in [5.41, 5.74) is 0. The second-order valence-corrected chi connectivity index (χ2v) is 3.55. The number of allylic oxidation sites excluding steroid dienone is 1. The summed E-state index contributed by atoms with van der Waals surface area (Å²) in [7, 11) is 4.20. The third kappa shape index (κ3) is 7.76. The molecule has 0 rings (SSSR count). The number of unbranched alkanes of at least 4 members (excludes halogenated alkanes) is 1. The average Bonchev–Trinajstić information content (AvgIpc) is 1.97. The van der Waals surface area contributed by atoms with E-state index in [0.717, 1.165) is 19.5 Å². The van der Waals surface area contributed by atoms with Gasteiger partial charge in [-0.05, 0) is 40.4 Å². The Morgan fingerprint density at radius 2 is 2.17 bits per heavy atom. The summed E-state index contributed by atoms with van der Waals surface area (Å²) >= 11 is 0. The Bertz CT molecular complexity index is 110. The first-order valence-corrected chi connectivity index (χ1v) is 4.65. The maximum absolute atomic E-state index is 3.69. The van der Waals surface area contributed by atoms with E-state index in [2.05, 4.69) is 37.8 Å². The Labute approximate surface area is 76.6 Å². The van der Waals surface area contributed by atoms with Crippen molar-refractivity contribution in [2.24, 2.45) is 0 Å². The molecule has 0 aromatic carbocycles. The van der Waals surface area contributed by atoms with Gasteiger partial charge in [0.25, 0.3) is 0 Å². The first-order valence-electron chi connectivity index (χ1n) is 4.65. The van der Waals surface area contributed by atoms with E-state index in [4.69, 9.17) is 0 Å². The van der Waals surface area contributed by atoms with Gasteiger partial charge in [0.2, 0.25) is 0 Å². The number of nitrogens with one attached hydrogen (secondary N) is 1. The maximum atomic E-state index is 3.69. The zero-order valence-corrected chi connectivity index (χ0v) is 8.64. The number of hydrogen-bond donors (Lipinski definition) is 1. The molecule has 0 aliphatic carbocycles. The summed E-state index contributed by atoms with van der Waals surface area (Å²) in [5, 5.41) is 3.46. The summed E-state index contributed by atoms with van der Waals surface area (Å²) in [6, 6.07) is 0.588. The molecule has 2 nitrogen and oxygen atoms in total. The summed E-state index contributed by atoms with van der Waals surface area (Å²) in [6.07, 6.45) is 4.28. The normalized spacial score (nSPS) is 13.3. The van der Waals surface area contributed by atoms with Crippen LogP contribution in [0.25, 0.3) is 0 Å². The minimum Gasteiger partial charge on any atom is -0.313 e. The van der Waals surface area contributed by atoms with E-state index in [1.807, 2.05) is 6.08 Å². The van der Waals surface area contributed by atoms with Crippen molar-refractivity contribution in [3.05, 3.63) is 12.7 Å². The van der Waals surface area contributed by atoms with Gasteiger partial charge in [-0.15, -0.1) is 6.58 Å². The molecule has 1 atom stereocenters. The number of nitrogens with zero attached hydrogens (tertiary/aromatic N) is 1. The fourth-order valence-corrected chi connectivity index (χ4v) is 1.21. The summed E-state index contributed by atoms with van der Waals surface area (Å²) in [6.45, 7) is 8.11. The fraction of sp³-hybridized carbons (Fsp3) is 0.800. The van der Waals surface area contributed by atoms with Crippen molar-refractivity contribution in [2.45, 2.75) is 25.8 Å². The molecule has 0 aromatic heterocycles. The van der Waals surface area contributed by atoms with Crippen LogP contribution in [0.1, 0.15) is 19.8 Å². The SMILES string of the molecule is C=CCCCNC(C)CN(C)C. The summed E-state index contributed by atoms with van der Waals surface area (Å²) < 4.78 is 0. The van der Waals surface area contributed by atoms with Gasteiger partial charge in [-0.25, -0.2) is 0 Å². The molecule has 72 valence electrons. The minimum absolute atomic E-state index is 0.588. The van der Waals surface area contributed by atoms with Gasteiger partial charge in [0, 0.05) is 12.6 Å². The monoisotopic (exact) mass is 170 g/mol. The van der Waals surface area contributed by atoms with Gasteiger partial charge >= 0.3 is 0 Å². The van der Waals surface area contributed by atoms with Crippen LogP contribution in [-0.2, 0) is 0 Å². The van der Waals surface area contributed by atoms with Crippen molar-refractivity contribution in [1.29, 1.82) is 0 Å². The van der Waals surface area contributed by atoms with Gasteiger partial charge in [-0.3, -0.25) is 0 Å². The quantitative estimate of drug-likeness (QED) is 0.460. The van der Waals surface area contributed by atoms with Crippen molar-refractivity contribution in [2.75, 3.05) is 27.2 Å². The molecule has 1 N–H and O–H groups in total. The molecule has 0 bridgehead atoms. The molecule has 0 aliphatic rings. The van der Waals surface area contributed by atoms with Gasteiger partial charge in [0.1, 0.15) is 0 Å². The Hall–Kier alpha value is -0.340. The van der Waals surface area contributed by atoms with Gasteiger partial charge in [-0.1, -0.05) is 6.08 Å². The highest BCUT2D eigenvalue weighted by Crippen LogP contribution is 1.89. The molecule has 1 unspecified atom stereocenters. The highest BCUT2D eigenvalue weighted by atomic mass is 15.1. The molecule has 0 spiro atoms. The zero-order valence-electron chi connectivity index (χ0n) is 8.64. The van der Waals surface area contributed by atoms with Gasteiger partial charge in [0.15, 0.2) is 0 Å². The summed E-state index contributed by atoms with van der Waals surface area (Å²) in [4.78, 5) is 2.20. The molecule has 0 aliphatic heterocycles.